The predicted molar refractivity (Wildman–Crippen MR) is 86.9 cm³/mol. The van der Waals surface area contributed by atoms with E-state index in [1.807, 2.05) is 26.1 Å². The second-order valence-electron chi connectivity index (χ2n) is 6.28. The molecular formula is C18H24N2O. The van der Waals surface area contributed by atoms with Gasteiger partial charge in [-0.2, -0.15) is 0 Å². The van der Waals surface area contributed by atoms with Crippen molar-refractivity contribution in [3.8, 4) is 0 Å². The molecule has 1 aromatic heterocycles. The number of carbonyl (C=O) groups excluding carboxylic acids is 1. The summed E-state index contributed by atoms with van der Waals surface area (Å²) in [5.74, 6) is 0.262. The standard InChI is InChI=1S/C18H24N2O/c1-13-8-6-7-11-20(13)12-17(21)18-14(2)19(3)16-10-5-4-9-15(16)18/h4-5,9-10,13H,6-8,11-12H2,1-3H3. The highest BCUT2D eigenvalue weighted by molar-refractivity contribution is 6.10. The largest absolute Gasteiger partial charge is 0.347 e. The van der Waals surface area contributed by atoms with Crippen LogP contribution in [0.3, 0.4) is 0 Å². The molecule has 1 saturated heterocycles. The van der Waals surface area contributed by atoms with Gasteiger partial charge in [0.2, 0.25) is 0 Å². The third-order valence-corrected chi connectivity index (χ3v) is 4.97. The number of piperidine rings is 1. The van der Waals surface area contributed by atoms with Crippen molar-refractivity contribution in [3.63, 3.8) is 0 Å². The van der Waals surface area contributed by atoms with E-state index >= 15 is 0 Å². The fourth-order valence-corrected chi connectivity index (χ4v) is 3.53. The van der Waals surface area contributed by atoms with Crippen LogP contribution in [0.4, 0.5) is 0 Å². The lowest BCUT2D eigenvalue weighted by atomic mass is 10.0. The molecule has 0 saturated carbocycles. The SMILES string of the molecule is Cc1c(C(=O)CN2CCCCC2C)c2ccccc2n1C. The zero-order chi connectivity index (χ0) is 15.0. The Labute approximate surface area is 126 Å². The molecule has 1 aromatic carbocycles. The van der Waals surface area contributed by atoms with Gasteiger partial charge in [-0.1, -0.05) is 24.6 Å². The first-order chi connectivity index (χ1) is 10.1. The Hall–Kier alpha value is -1.61. The van der Waals surface area contributed by atoms with E-state index in [1.165, 1.54) is 19.3 Å². The van der Waals surface area contributed by atoms with Crippen LogP contribution in [0, 0.1) is 6.92 Å². The molecular weight excluding hydrogens is 260 g/mol. The molecule has 0 N–H and O–H groups in total. The number of aromatic nitrogens is 1. The lowest BCUT2D eigenvalue weighted by Crippen LogP contribution is -2.40. The molecule has 3 rings (SSSR count). The number of hydrogen-bond donors (Lipinski definition) is 0. The molecule has 3 nitrogen and oxygen atoms in total. The van der Waals surface area contributed by atoms with E-state index < -0.39 is 0 Å². The molecule has 0 spiro atoms. The minimum Gasteiger partial charge on any atom is -0.347 e. The summed E-state index contributed by atoms with van der Waals surface area (Å²) >= 11 is 0. The van der Waals surface area contributed by atoms with Gasteiger partial charge >= 0.3 is 0 Å². The number of likely N-dealkylation sites (tertiary alicyclic amines) is 1. The van der Waals surface area contributed by atoms with Crippen LogP contribution in [-0.4, -0.2) is 34.4 Å². The number of rotatable bonds is 3. The first-order valence-corrected chi connectivity index (χ1v) is 7.91. The van der Waals surface area contributed by atoms with Gasteiger partial charge in [0.15, 0.2) is 5.78 Å². The highest BCUT2D eigenvalue weighted by Gasteiger charge is 2.24. The summed E-state index contributed by atoms with van der Waals surface area (Å²) in [7, 11) is 2.04. The van der Waals surface area contributed by atoms with E-state index in [0.717, 1.165) is 28.7 Å². The van der Waals surface area contributed by atoms with Gasteiger partial charge in [0.05, 0.1) is 6.54 Å². The molecule has 1 aliphatic rings. The monoisotopic (exact) mass is 284 g/mol. The predicted octanol–water partition coefficient (Wildman–Crippen LogP) is 3.54. The van der Waals surface area contributed by atoms with Crippen LogP contribution >= 0.6 is 0 Å². The van der Waals surface area contributed by atoms with E-state index in [9.17, 15) is 4.79 Å². The second-order valence-corrected chi connectivity index (χ2v) is 6.28. The van der Waals surface area contributed by atoms with Gasteiger partial charge in [-0.15, -0.1) is 0 Å². The first kappa shape index (κ1) is 14.3. The van der Waals surface area contributed by atoms with Crippen LogP contribution in [0.15, 0.2) is 24.3 Å². The van der Waals surface area contributed by atoms with E-state index in [4.69, 9.17) is 0 Å². The third kappa shape index (κ3) is 2.51. The zero-order valence-corrected chi connectivity index (χ0v) is 13.2. The summed E-state index contributed by atoms with van der Waals surface area (Å²) in [4.78, 5) is 15.2. The number of benzene rings is 1. The van der Waals surface area contributed by atoms with Crippen LogP contribution in [0.5, 0.6) is 0 Å². The van der Waals surface area contributed by atoms with E-state index in [1.54, 1.807) is 0 Å². The summed E-state index contributed by atoms with van der Waals surface area (Å²) < 4.78 is 2.13. The minimum absolute atomic E-state index is 0.262. The van der Waals surface area contributed by atoms with Crippen molar-refractivity contribution in [2.75, 3.05) is 13.1 Å². The Bertz CT molecular complexity index is 671. The molecule has 0 radical (unpaired) electrons. The van der Waals surface area contributed by atoms with Gasteiger partial charge in [-0.3, -0.25) is 9.69 Å². The number of ketones is 1. The first-order valence-electron chi connectivity index (χ1n) is 7.91. The quantitative estimate of drug-likeness (QED) is 0.805. The van der Waals surface area contributed by atoms with Gasteiger partial charge in [0.1, 0.15) is 0 Å². The Morgan fingerprint density at radius 1 is 1.29 bits per heavy atom. The molecule has 0 amide bonds. The maximum atomic E-state index is 12.9. The van der Waals surface area contributed by atoms with Crippen LogP contribution in [0.25, 0.3) is 10.9 Å². The molecule has 0 bridgehead atoms. The van der Waals surface area contributed by atoms with Crippen molar-refractivity contribution in [1.82, 2.24) is 9.47 Å². The molecule has 1 atom stereocenters. The number of aryl methyl sites for hydroxylation is 1. The van der Waals surface area contributed by atoms with E-state index in [2.05, 4.69) is 28.5 Å². The molecule has 0 aliphatic carbocycles. The molecule has 112 valence electrons. The Morgan fingerprint density at radius 2 is 2.05 bits per heavy atom. The van der Waals surface area contributed by atoms with Crippen molar-refractivity contribution < 1.29 is 4.79 Å². The minimum atomic E-state index is 0.262. The molecule has 1 fully saturated rings. The van der Waals surface area contributed by atoms with E-state index in [0.29, 0.717) is 12.6 Å². The number of fused-ring (bicyclic) bond motifs is 1. The van der Waals surface area contributed by atoms with Crippen LogP contribution < -0.4 is 0 Å². The Balaban J connectivity index is 1.93. The molecule has 3 heteroatoms. The summed E-state index contributed by atoms with van der Waals surface area (Å²) in [5.41, 5.74) is 3.13. The topological polar surface area (TPSA) is 25.2 Å². The number of hydrogen-bond acceptors (Lipinski definition) is 2. The zero-order valence-electron chi connectivity index (χ0n) is 13.2. The third-order valence-electron chi connectivity index (χ3n) is 4.97. The smallest absolute Gasteiger partial charge is 0.179 e. The van der Waals surface area contributed by atoms with Crippen LogP contribution in [0.2, 0.25) is 0 Å². The molecule has 1 aliphatic heterocycles. The summed E-state index contributed by atoms with van der Waals surface area (Å²) in [5, 5.41) is 1.09. The van der Waals surface area contributed by atoms with Crippen molar-refractivity contribution in [1.29, 1.82) is 0 Å². The number of para-hydroxylation sites is 1. The Kier molecular flexibility index (Phi) is 3.85. The fourth-order valence-electron chi connectivity index (χ4n) is 3.53. The van der Waals surface area contributed by atoms with Crippen LogP contribution in [-0.2, 0) is 7.05 Å². The maximum absolute atomic E-state index is 12.9. The fraction of sp³-hybridized carbons (Fsp3) is 0.500. The van der Waals surface area contributed by atoms with Gasteiger partial charge in [0, 0.05) is 35.2 Å². The van der Waals surface area contributed by atoms with Crippen molar-refractivity contribution >= 4 is 16.7 Å². The molecule has 2 heterocycles. The van der Waals surface area contributed by atoms with Gasteiger partial charge < -0.3 is 4.57 Å². The molecule has 21 heavy (non-hydrogen) atoms. The highest BCUT2D eigenvalue weighted by atomic mass is 16.1. The maximum Gasteiger partial charge on any atom is 0.179 e. The van der Waals surface area contributed by atoms with Crippen molar-refractivity contribution in [3.05, 3.63) is 35.5 Å². The van der Waals surface area contributed by atoms with Gasteiger partial charge in [-0.25, -0.2) is 0 Å². The average Bonchev–Trinajstić information content (AvgIpc) is 2.74. The van der Waals surface area contributed by atoms with Gasteiger partial charge in [0.25, 0.3) is 0 Å². The lowest BCUT2D eigenvalue weighted by Gasteiger charge is -2.32. The average molecular weight is 284 g/mol. The summed E-state index contributed by atoms with van der Waals surface area (Å²) in [6.45, 7) is 5.89. The van der Waals surface area contributed by atoms with Gasteiger partial charge in [-0.05, 0) is 39.3 Å². The number of carbonyl (C=O) groups is 1. The van der Waals surface area contributed by atoms with E-state index in [-0.39, 0.29) is 5.78 Å². The number of Topliss-reactive ketones (excluding diaryl/α,β-unsaturated/α-hetero) is 1. The normalized spacial score (nSPS) is 20.0. The molecule has 1 unspecified atom stereocenters. The number of nitrogens with zero attached hydrogens (tertiary/aromatic N) is 2. The molecule has 2 aromatic rings. The van der Waals surface area contributed by atoms with Crippen molar-refractivity contribution in [2.24, 2.45) is 7.05 Å². The van der Waals surface area contributed by atoms with Crippen LogP contribution in [0.1, 0.15) is 42.2 Å². The van der Waals surface area contributed by atoms with Crippen molar-refractivity contribution in [2.45, 2.75) is 39.2 Å². The lowest BCUT2D eigenvalue weighted by molar-refractivity contribution is 0.0861. The highest BCUT2D eigenvalue weighted by Crippen LogP contribution is 2.26. The summed E-state index contributed by atoms with van der Waals surface area (Å²) in [6, 6.07) is 8.72. The second kappa shape index (κ2) is 5.64. The summed E-state index contributed by atoms with van der Waals surface area (Å²) in [6.07, 6.45) is 3.72. The Morgan fingerprint density at radius 3 is 2.81 bits per heavy atom.